The number of nitrogens with one attached hydrogen (secondary N) is 1. The summed E-state index contributed by atoms with van der Waals surface area (Å²) in [5, 5.41) is 3.75. The number of unbranched alkanes of at least 4 members (excludes halogenated alkanes) is 2. The lowest BCUT2D eigenvalue weighted by atomic mass is 9.93. The van der Waals surface area contributed by atoms with E-state index in [2.05, 4.69) is 37.9 Å². The van der Waals surface area contributed by atoms with Gasteiger partial charge in [-0.25, -0.2) is 0 Å². The van der Waals surface area contributed by atoms with Crippen LogP contribution in [0.5, 0.6) is 0 Å². The van der Waals surface area contributed by atoms with Gasteiger partial charge in [0.15, 0.2) is 0 Å². The van der Waals surface area contributed by atoms with E-state index in [1.807, 2.05) is 0 Å². The zero-order chi connectivity index (χ0) is 12.7. The van der Waals surface area contributed by atoms with Gasteiger partial charge in [-0.3, -0.25) is 4.90 Å². The van der Waals surface area contributed by atoms with Crippen molar-refractivity contribution < 1.29 is 0 Å². The number of hydrogen-bond donors (Lipinski definition) is 1. The molecular weight excluding hydrogens is 208 g/mol. The van der Waals surface area contributed by atoms with Crippen molar-refractivity contribution in [3.8, 4) is 0 Å². The molecule has 1 N–H and O–H groups in total. The lowest BCUT2D eigenvalue weighted by Gasteiger charge is -2.37. The molecule has 1 rings (SSSR count). The quantitative estimate of drug-likeness (QED) is 0.654. The minimum Gasteiger partial charge on any atom is -0.310 e. The molecule has 2 heteroatoms. The van der Waals surface area contributed by atoms with Crippen molar-refractivity contribution in [2.45, 2.75) is 77.8 Å². The lowest BCUT2D eigenvalue weighted by molar-refractivity contribution is 0.151. The zero-order valence-electron chi connectivity index (χ0n) is 12.4. The molecule has 1 unspecified atom stereocenters. The third kappa shape index (κ3) is 4.59. The highest BCUT2D eigenvalue weighted by atomic mass is 15.2. The Kier molecular flexibility index (Phi) is 6.50. The topological polar surface area (TPSA) is 15.3 Å². The highest BCUT2D eigenvalue weighted by molar-refractivity contribution is 4.94. The maximum absolute atomic E-state index is 3.75. The summed E-state index contributed by atoms with van der Waals surface area (Å²) in [6.45, 7) is 13.0. The van der Waals surface area contributed by atoms with Gasteiger partial charge < -0.3 is 5.32 Å². The average molecular weight is 240 g/mol. The van der Waals surface area contributed by atoms with Crippen molar-refractivity contribution in [2.75, 3.05) is 19.6 Å². The van der Waals surface area contributed by atoms with Gasteiger partial charge in [-0.1, -0.05) is 26.7 Å². The Bertz CT molecular complexity index is 195. The Balaban J connectivity index is 2.46. The molecule has 0 saturated carbocycles. The molecule has 0 aromatic heterocycles. The Morgan fingerprint density at radius 3 is 2.47 bits per heavy atom. The van der Waals surface area contributed by atoms with Crippen LogP contribution in [-0.2, 0) is 0 Å². The van der Waals surface area contributed by atoms with E-state index in [1.165, 1.54) is 58.2 Å². The highest BCUT2D eigenvalue weighted by Crippen LogP contribution is 2.25. The van der Waals surface area contributed by atoms with Crippen molar-refractivity contribution in [3.05, 3.63) is 0 Å². The van der Waals surface area contributed by atoms with Gasteiger partial charge in [0.1, 0.15) is 0 Å². The van der Waals surface area contributed by atoms with E-state index in [0.29, 0.717) is 11.6 Å². The van der Waals surface area contributed by atoms with E-state index < -0.39 is 0 Å². The van der Waals surface area contributed by atoms with Crippen molar-refractivity contribution in [1.82, 2.24) is 10.2 Å². The minimum atomic E-state index is 0.413. The van der Waals surface area contributed by atoms with Gasteiger partial charge in [-0.05, 0) is 52.6 Å². The van der Waals surface area contributed by atoms with Gasteiger partial charge in [0.05, 0.1) is 0 Å². The summed E-state index contributed by atoms with van der Waals surface area (Å²) in [5.41, 5.74) is 0.413. The molecule has 0 aromatic rings. The summed E-state index contributed by atoms with van der Waals surface area (Å²) in [6, 6.07) is 0.678. The second kappa shape index (κ2) is 7.38. The van der Waals surface area contributed by atoms with Gasteiger partial charge in [0.2, 0.25) is 0 Å². The van der Waals surface area contributed by atoms with Crippen LogP contribution in [0.25, 0.3) is 0 Å². The first-order chi connectivity index (χ1) is 8.13. The van der Waals surface area contributed by atoms with Gasteiger partial charge in [-0.2, -0.15) is 0 Å². The number of rotatable bonds is 8. The first-order valence-electron chi connectivity index (χ1n) is 7.62. The van der Waals surface area contributed by atoms with Crippen LogP contribution in [0.15, 0.2) is 0 Å². The predicted octanol–water partition coefficient (Wildman–Crippen LogP) is 3.42. The van der Waals surface area contributed by atoms with E-state index in [1.54, 1.807) is 0 Å². The Morgan fingerprint density at radius 2 is 2.00 bits per heavy atom. The summed E-state index contributed by atoms with van der Waals surface area (Å²) in [5.74, 6) is 0. The second-order valence-corrected chi connectivity index (χ2v) is 5.94. The molecular formula is C15H32N2. The van der Waals surface area contributed by atoms with Crippen LogP contribution in [0, 0.1) is 0 Å². The first kappa shape index (κ1) is 15.0. The first-order valence-corrected chi connectivity index (χ1v) is 7.62. The summed E-state index contributed by atoms with van der Waals surface area (Å²) >= 11 is 0. The zero-order valence-corrected chi connectivity index (χ0v) is 12.4. The van der Waals surface area contributed by atoms with Crippen LogP contribution in [0.1, 0.15) is 66.2 Å². The van der Waals surface area contributed by atoms with E-state index >= 15 is 0 Å². The molecule has 0 spiro atoms. The molecule has 0 aliphatic carbocycles. The van der Waals surface area contributed by atoms with Crippen LogP contribution < -0.4 is 5.32 Å². The molecule has 102 valence electrons. The molecule has 1 aliphatic heterocycles. The van der Waals surface area contributed by atoms with Crippen molar-refractivity contribution in [2.24, 2.45) is 0 Å². The van der Waals surface area contributed by atoms with Crippen molar-refractivity contribution in [3.63, 3.8) is 0 Å². The predicted molar refractivity (Wildman–Crippen MR) is 76.5 cm³/mol. The molecule has 1 saturated heterocycles. The van der Waals surface area contributed by atoms with E-state index in [-0.39, 0.29) is 0 Å². The fourth-order valence-corrected chi connectivity index (χ4v) is 2.89. The SMILES string of the molecule is CCCCCN(CC1(CC)CCCN1)C(C)C. The maximum atomic E-state index is 3.75. The van der Waals surface area contributed by atoms with Gasteiger partial charge in [0.25, 0.3) is 0 Å². The van der Waals surface area contributed by atoms with Crippen LogP contribution in [0.3, 0.4) is 0 Å². The molecule has 1 aliphatic rings. The molecule has 0 radical (unpaired) electrons. The number of nitrogens with zero attached hydrogens (tertiary/aromatic N) is 1. The van der Waals surface area contributed by atoms with E-state index in [0.717, 1.165) is 0 Å². The Hall–Kier alpha value is -0.0800. The summed E-state index contributed by atoms with van der Waals surface area (Å²) in [7, 11) is 0. The fraction of sp³-hybridized carbons (Fsp3) is 1.00. The smallest absolute Gasteiger partial charge is 0.0306 e. The Morgan fingerprint density at radius 1 is 1.24 bits per heavy atom. The second-order valence-electron chi connectivity index (χ2n) is 5.94. The van der Waals surface area contributed by atoms with Gasteiger partial charge in [0, 0.05) is 18.1 Å². The molecule has 1 heterocycles. The summed E-state index contributed by atoms with van der Waals surface area (Å²) in [4.78, 5) is 2.68. The van der Waals surface area contributed by atoms with Crippen LogP contribution in [0.4, 0.5) is 0 Å². The van der Waals surface area contributed by atoms with Gasteiger partial charge in [-0.15, -0.1) is 0 Å². The average Bonchev–Trinajstić information content (AvgIpc) is 2.77. The van der Waals surface area contributed by atoms with Crippen LogP contribution in [-0.4, -0.2) is 36.1 Å². The highest BCUT2D eigenvalue weighted by Gasteiger charge is 2.33. The van der Waals surface area contributed by atoms with Gasteiger partial charge >= 0.3 is 0 Å². The number of hydrogen-bond acceptors (Lipinski definition) is 2. The molecule has 17 heavy (non-hydrogen) atoms. The molecule has 0 amide bonds. The summed E-state index contributed by atoms with van der Waals surface area (Å²) < 4.78 is 0. The van der Waals surface area contributed by atoms with Crippen LogP contribution in [0.2, 0.25) is 0 Å². The fourth-order valence-electron chi connectivity index (χ4n) is 2.89. The molecule has 0 bridgehead atoms. The van der Waals surface area contributed by atoms with E-state index in [4.69, 9.17) is 0 Å². The lowest BCUT2D eigenvalue weighted by Crippen LogP contribution is -2.51. The largest absolute Gasteiger partial charge is 0.310 e. The molecule has 1 fully saturated rings. The van der Waals surface area contributed by atoms with Crippen molar-refractivity contribution >= 4 is 0 Å². The standard InChI is InChI=1S/C15H32N2/c1-5-7-8-12-17(14(3)4)13-15(6-2)10-9-11-16-15/h14,16H,5-13H2,1-4H3. The van der Waals surface area contributed by atoms with Crippen LogP contribution >= 0.6 is 0 Å². The minimum absolute atomic E-state index is 0.413. The third-order valence-electron chi connectivity index (χ3n) is 4.29. The van der Waals surface area contributed by atoms with Crippen molar-refractivity contribution in [1.29, 1.82) is 0 Å². The maximum Gasteiger partial charge on any atom is 0.0306 e. The third-order valence-corrected chi connectivity index (χ3v) is 4.29. The Labute approximate surface area is 108 Å². The molecule has 1 atom stereocenters. The molecule has 0 aromatic carbocycles. The molecule has 2 nitrogen and oxygen atoms in total. The van der Waals surface area contributed by atoms with E-state index in [9.17, 15) is 0 Å². The normalized spacial score (nSPS) is 25.1. The summed E-state index contributed by atoms with van der Waals surface area (Å²) in [6.07, 6.45) is 8.03. The monoisotopic (exact) mass is 240 g/mol.